The van der Waals surface area contributed by atoms with Crippen molar-refractivity contribution in [2.24, 2.45) is 11.8 Å². The summed E-state index contributed by atoms with van der Waals surface area (Å²) in [4.78, 5) is 42.3. The van der Waals surface area contributed by atoms with Gasteiger partial charge < -0.3 is 5.32 Å². The Bertz CT molecular complexity index is 1010. The lowest BCUT2D eigenvalue weighted by molar-refractivity contribution is -0.130. The minimum absolute atomic E-state index is 0.00580. The van der Waals surface area contributed by atoms with Crippen LogP contribution in [0.2, 0.25) is 5.02 Å². The maximum atomic E-state index is 13.4. The van der Waals surface area contributed by atoms with E-state index in [0.717, 1.165) is 21.6 Å². The highest BCUT2D eigenvalue weighted by atomic mass is 35.5. The molecule has 5 nitrogen and oxygen atoms in total. The van der Waals surface area contributed by atoms with Crippen molar-refractivity contribution in [3.63, 3.8) is 0 Å². The Labute approximate surface area is 211 Å². The van der Waals surface area contributed by atoms with Crippen LogP contribution in [0, 0.1) is 11.8 Å². The highest BCUT2D eigenvalue weighted by Gasteiger charge is 2.27. The molecule has 1 aliphatic carbocycles. The summed E-state index contributed by atoms with van der Waals surface area (Å²) >= 11 is 7.63. The van der Waals surface area contributed by atoms with Crippen LogP contribution in [0.5, 0.6) is 0 Å². The second-order valence-electron chi connectivity index (χ2n) is 9.37. The Hall–Kier alpha value is -2.05. The Balaban J connectivity index is 1.73. The molecule has 1 fully saturated rings. The van der Waals surface area contributed by atoms with Crippen molar-refractivity contribution in [1.82, 2.24) is 10.3 Å². The van der Waals surface area contributed by atoms with Crippen molar-refractivity contribution in [3.8, 4) is 0 Å². The minimum Gasteiger partial charge on any atom is -0.353 e. The predicted molar refractivity (Wildman–Crippen MR) is 139 cm³/mol. The summed E-state index contributed by atoms with van der Waals surface area (Å²) in [6.45, 7) is 5.39. The molecule has 3 rings (SSSR count). The summed E-state index contributed by atoms with van der Waals surface area (Å²) in [5.74, 6) is 0.0322. The number of carbonyl (C=O) groups excluding carboxylic acids is 3. The third kappa shape index (κ3) is 8.02. The minimum atomic E-state index is -0.479. The van der Waals surface area contributed by atoms with E-state index in [1.807, 2.05) is 19.1 Å². The lowest BCUT2D eigenvalue weighted by atomic mass is 9.83. The van der Waals surface area contributed by atoms with Gasteiger partial charge in [0.1, 0.15) is 5.78 Å². The van der Waals surface area contributed by atoms with Gasteiger partial charge in [0, 0.05) is 36.7 Å². The molecule has 184 valence electrons. The first-order valence-corrected chi connectivity index (χ1v) is 13.6. The zero-order valence-corrected chi connectivity index (χ0v) is 21.6. The van der Waals surface area contributed by atoms with Crippen molar-refractivity contribution in [2.75, 3.05) is 0 Å². The number of hydrogen-bond acceptors (Lipinski definition) is 5. The van der Waals surface area contributed by atoms with E-state index in [0.29, 0.717) is 36.6 Å². The Morgan fingerprint density at radius 3 is 2.74 bits per heavy atom. The summed E-state index contributed by atoms with van der Waals surface area (Å²) in [5, 5.41) is 4.69. The Morgan fingerprint density at radius 1 is 1.26 bits per heavy atom. The lowest BCUT2D eigenvalue weighted by Crippen LogP contribution is -2.41. The number of benzene rings is 1. The summed E-state index contributed by atoms with van der Waals surface area (Å²) in [7, 11) is 0. The molecule has 0 saturated heterocycles. The van der Waals surface area contributed by atoms with Crippen LogP contribution in [0.3, 0.4) is 0 Å². The predicted octanol–water partition coefficient (Wildman–Crippen LogP) is 6.47. The van der Waals surface area contributed by atoms with Gasteiger partial charge in [-0.25, -0.2) is 4.98 Å². The van der Waals surface area contributed by atoms with E-state index in [1.54, 1.807) is 6.07 Å². The molecule has 0 unspecified atom stereocenters. The van der Waals surface area contributed by atoms with Crippen LogP contribution >= 0.6 is 22.9 Å². The molecule has 1 aliphatic rings. The molecule has 1 aromatic heterocycles. The molecular formula is C27H35ClN2O3S. The number of hydrogen-bond donors (Lipinski definition) is 1. The van der Waals surface area contributed by atoms with Crippen molar-refractivity contribution < 1.29 is 14.4 Å². The van der Waals surface area contributed by atoms with Gasteiger partial charge in [0.25, 0.3) is 0 Å². The lowest BCUT2D eigenvalue weighted by Gasteiger charge is -2.28. The Morgan fingerprint density at radius 2 is 2.03 bits per heavy atom. The van der Waals surface area contributed by atoms with E-state index in [-0.39, 0.29) is 29.9 Å². The van der Waals surface area contributed by atoms with Gasteiger partial charge >= 0.3 is 0 Å². The summed E-state index contributed by atoms with van der Waals surface area (Å²) in [5.41, 5.74) is 0.850. The quantitative estimate of drug-likeness (QED) is 0.318. The molecule has 0 spiro atoms. The maximum absolute atomic E-state index is 13.4. The number of halogens is 1. The van der Waals surface area contributed by atoms with E-state index < -0.39 is 5.92 Å². The van der Waals surface area contributed by atoms with Gasteiger partial charge in [-0.2, -0.15) is 0 Å². The first-order chi connectivity index (χ1) is 16.4. The maximum Gasteiger partial charge on any atom is 0.224 e. The van der Waals surface area contributed by atoms with Gasteiger partial charge in [-0.15, -0.1) is 11.3 Å². The van der Waals surface area contributed by atoms with Gasteiger partial charge in [0.2, 0.25) is 5.91 Å². The molecule has 0 bridgehead atoms. The molecule has 7 heteroatoms. The van der Waals surface area contributed by atoms with Crippen molar-refractivity contribution >= 4 is 50.6 Å². The molecule has 1 amide bonds. The monoisotopic (exact) mass is 502 g/mol. The highest BCUT2D eigenvalue weighted by Crippen LogP contribution is 2.30. The van der Waals surface area contributed by atoms with Crippen LogP contribution < -0.4 is 5.32 Å². The van der Waals surface area contributed by atoms with E-state index in [2.05, 4.69) is 16.9 Å². The fourth-order valence-electron chi connectivity index (χ4n) is 4.73. The molecule has 1 saturated carbocycles. The standard InChI is InChI=1S/C27H35ClN2O3S/c1-3-22(31)12-11-21(14-18-8-6-5-7-9-18)29-27(33)19(15-23(32)4-2)16-26-30-24-13-10-20(28)17-25(24)34-26/h3,10,13,17-19,21H,1,4-9,11-12,14-16H2,2H3,(H,29,33)/t19-,21+/m0/s1. The van der Waals surface area contributed by atoms with Gasteiger partial charge in [0.15, 0.2) is 5.78 Å². The number of nitrogens with one attached hydrogen (secondary N) is 1. The molecule has 0 radical (unpaired) electrons. The number of allylic oxidation sites excluding steroid dienone is 1. The number of nitrogens with zero attached hydrogens (tertiary/aromatic N) is 1. The van der Waals surface area contributed by atoms with E-state index in [1.165, 1.54) is 49.5 Å². The summed E-state index contributed by atoms with van der Waals surface area (Å²) in [6, 6.07) is 5.48. The van der Waals surface area contributed by atoms with E-state index in [4.69, 9.17) is 11.6 Å². The van der Waals surface area contributed by atoms with Gasteiger partial charge in [-0.1, -0.05) is 57.2 Å². The zero-order valence-electron chi connectivity index (χ0n) is 20.0. The van der Waals surface area contributed by atoms with E-state index >= 15 is 0 Å². The Kier molecular flexibility index (Phi) is 10.3. The molecule has 1 heterocycles. The van der Waals surface area contributed by atoms with Crippen LogP contribution in [0.4, 0.5) is 0 Å². The first kappa shape index (κ1) is 26.6. The van der Waals surface area contributed by atoms with Crippen molar-refractivity contribution in [3.05, 3.63) is 40.9 Å². The number of fused-ring (bicyclic) bond motifs is 1. The van der Waals surface area contributed by atoms with Crippen LogP contribution in [0.1, 0.15) is 76.1 Å². The molecule has 2 aromatic rings. The summed E-state index contributed by atoms with van der Waals surface area (Å²) < 4.78 is 0.974. The van der Waals surface area contributed by atoms with Crippen LogP contribution in [0.15, 0.2) is 30.9 Å². The third-order valence-electron chi connectivity index (χ3n) is 6.71. The fourth-order valence-corrected chi connectivity index (χ4v) is 6.06. The molecular weight excluding hydrogens is 468 g/mol. The summed E-state index contributed by atoms with van der Waals surface area (Å²) in [6.07, 6.45) is 10.3. The van der Waals surface area contributed by atoms with Gasteiger partial charge in [-0.3, -0.25) is 14.4 Å². The number of rotatable bonds is 13. The fraction of sp³-hybridized carbons (Fsp3) is 0.556. The number of Topliss-reactive ketones (excluding diaryl/α,β-unsaturated/α-hetero) is 1. The number of ketones is 2. The SMILES string of the molecule is C=CC(=O)CC[C@H](CC1CCCCC1)NC(=O)[C@@H](CC(=O)CC)Cc1nc2ccc(Cl)cc2s1. The van der Waals surface area contributed by atoms with Crippen molar-refractivity contribution in [1.29, 1.82) is 0 Å². The second-order valence-corrected chi connectivity index (χ2v) is 10.9. The van der Waals surface area contributed by atoms with E-state index in [9.17, 15) is 14.4 Å². The van der Waals surface area contributed by atoms with Crippen LogP contribution in [-0.2, 0) is 20.8 Å². The zero-order chi connectivity index (χ0) is 24.5. The average Bonchev–Trinajstić information content (AvgIpc) is 3.23. The molecule has 1 N–H and O–H groups in total. The highest BCUT2D eigenvalue weighted by molar-refractivity contribution is 7.18. The van der Waals surface area contributed by atoms with Gasteiger partial charge in [-0.05, 0) is 43.0 Å². The molecule has 2 atom stereocenters. The van der Waals surface area contributed by atoms with Crippen LogP contribution in [-0.4, -0.2) is 28.5 Å². The normalized spacial score (nSPS) is 16.2. The molecule has 0 aliphatic heterocycles. The topological polar surface area (TPSA) is 76.1 Å². The smallest absolute Gasteiger partial charge is 0.224 e. The number of amides is 1. The number of thiazole rings is 1. The number of aromatic nitrogens is 1. The largest absolute Gasteiger partial charge is 0.353 e. The first-order valence-electron chi connectivity index (χ1n) is 12.4. The number of carbonyl (C=O) groups is 3. The van der Waals surface area contributed by atoms with Crippen LogP contribution in [0.25, 0.3) is 10.2 Å². The van der Waals surface area contributed by atoms with Crippen molar-refractivity contribution in [2.45, 2.75) is 83.6 Å². The third-order valence-corrected chi connectivity index (χ3v) is 7.99. The molecule has 34 heavy (non-hydrogen) atoms. The average molecular weight is 503 g/mol. The second kappa shape index (κ2) is 13.1. The molecule has 1 aromatic carbocycles. The van der Waals surface area contributed by atoms with Gasteiger partial charge in [0.05, 0.1) is 21.1 Å².